The molecule has 2 heterocycles. The van der Waals surface area contributed by atoms with E-state index in [0.717, 1.165) is 41.4 Å². The lowest BCUT2D eigenvalue weighted by Gasteiger charge is -2.28. The van der Waals surface area contributed by atoms with E-state index < -0.39 is 0 Å². The molecule has 0 aromatic carbocycles. The van der Waals surface area contributed by atoms with Gasteiger partial charge in [0.25, 0.3) is 0 Å². The van der Waals surface area contributed by atoms with Gasteiger partial charge in [-0.05, 0) is 38.0 Å². The van der Waals surface area contributed by atoms with Crippen molar-refractivity contribution in [1.29, 1.82) is 0 Å². The Morgan fingerprint density at radius 3 is 2.57 bits per heavy atom. The van der Waals surface area contributed by atoms with Gasteiger partial charge in [0.15, 0.2) is 5.65 Å². The van der Waals surface area contributed by atoms with Gasteiger partial charge in [-0.1, -0.05) is 20.3 Å². The minimum absolute atomic E-state index is 0.478. The first-order chi connectivity index (χ1) is 10.2. The Morgan fingerprint density at radius 2 is 1.95 bits per heavy atom. The van der Waals surface area contributed by atoms with Crippen LogP contribution in [-0.4, -0.2) is 19.3 Å². The van der Waals surface area contributed by atoms with Crippen LogP contribution in [0.4, 0.5) is 0 Å². The number of nitrogens with zero attached hydrogens (tertiary/aromatic N) is 4. The molecule has 2 aromatic heterocycles. The summed E-state index contributed by atoms with van der Waals surface area (Å²) < 4.78 is 4.38. The third-order valence-electron chi connectivity index (χ3n) is 4.77. The molecular formula is C16H25ClN4. The zero-order valence-electron chi connectivity index (χ0n) is 13.3. The molecule has 21 heavy (non-hydrogen) atoms. The minimum atomic E-state index is 0.478. The lowest BCUT2D eigenvalue weighted by molar-refractivity contribution is 0.288. The summed E-state index contributed by atoms with van der Waals surface area (Å²) in [6.45, 7) is 4.54. The van der Waals surface area contributed by atoms with Crippen LogP contribution in [-0.2, 0) is 19.3 Å². The van der Waals surface area contributed by atoms with Crippen LogP contribution in [0.25, 0.3) is 11.2 Å². The van der Waals surface area contributed by atoms with Crippen LogP contribution in [0.3, 0.4) is 0 Å². The van der Waals surface area contributed by atoms with Crippen LogP contribution in [0.2, 0.25) is 0 Å². The maximum atomic E-state index is 6.18. The van der Waals surface area contributed by atoms with Gasteiger partial charge in [0, 0.05) is 13.1 Å². The third-order valence-corrected chi connectivity index (χ3v) is 5.01. The highest BCUT2D eigenvalue weighted by atomic mass is 35.5. The molecule has 1 fully saturated rings. The van der Waals surface area contributed by atoms with Gasteiger partial charge in [-0.3, -0.25) is 4.68 Å². The minimum Gasteiger partial charge on any atom is -0.309 e. The average molecular weight is 309 g/mol. The molecule has 0 spiro atoms. The van der Waals surface area contributed by atoms with Crippen molar-refractivity contribution >= 4 is 22.8 Å². The number of aryl methyl sites for hydroxylation is 2. The number of imidazole rings is 1. The molecule has 0 aliphatic heterocycles. The first kappa shape index (κ1) is 14.9. The summed E-state index contributed by atoms with van der Waals surface area (Å²) in [6, 6.07) is 0.532. The fourth-order valence-electron chi connectivity index (χ4n) is 3.63. The molecule has 0 unspecified atom stereocenters. The molecule has 0 N–H and O–H groups in total. The number of rotatable bonds is 4. The average Bonchev–Trinajstić information content (AvgIpc) is 2.99. The predicted octanol–water partition coefficient (Wildman–Crippen LogP) is 4.21. The van der Waals surface area contributed by atoms with Crippen LogP contribution in [0, 0.1) is 5.92 Å². The Bertz CT molecular complexity index is 620. The standard InChI is InChI=1S/C16H25ClN4/c1-4-5-13-15-16(20(3)19-13)21(14(10-17)18-15)12-8-6-11(2)7-9-12/h11-12H,4-10H2,1-3H3. The second kappa shape index (κ2) is 5.99. The Morgan fingerprint density at radius 1 is 1.24 bits per heavy atom. The maximum Gasteiger partial charge on any atom is 0.158 e. The van der Waals surface area contributed by atoms with E-state index in [4.69, 9.17) is 16.6 Å². The number of hydrogen-bond donors (Lipinski definition) is 0. The van der Waals surface area contributed by atoms with E-state index in [1.165, 1.54) is 25.7 Å². The van der Waals surface area contributed by atoms with Gasteiger partial charge in [0.1, 0.15) is 11.3 Å². The molecule has 1 aliphatic rings. The van der Waals surface area contributed by atoms with Gasteiger partial charge in [-0.15, -0.1) is 11.6 Å². The normalized spacial score (nSPS) is 23.0. The van der Waals surface area contributed by atoms with Gasteiger partial charge in [-0.2, -0.15) is 5.10 Å². The lowest BCUT2D eigenvalue weighted by atomic mass is 9.87. The van der Waals surface area contributed by atoms with E-state index in [1.54, 1.807) is 0 Å². The first-order valence-corrected chi connectivity index (χ1v) is 8.67. The van der Waals surface area contributed by atoms with E-state index in [2.05, 4.69) is 23.5 Å². The van der Waals surface area contributed by atoms with E-state index in [-0.39, 0.29) is 0 Å². The zero-order chi connectivity index (χ0) is 15.0. The predicted molar refractivity (Wildman–Crippen MR) is 86.7 cm³/mol. The molecule has 0 bridgehead atoms. The molecule has 0 radical (unpaired) electrons. The molecule has 0 amide bonds. The molecule has 5 heteroatoms. The molecular weight excluding hydrogens is 284 g/mol. The number of fused-ring (bicyclic) bond motifs is 1. The van der Waals surface area contributed by atoms with Gasteiger partial charge >= 0.3 is 0 Å². The fraction of sp³-hybridized carbons (Fsp3) is 0.750. The topological polar surface area (TPSA) is 35.6 Å². The first-order valence-electron chi connectivity index (χ1n) is 8.14. The molecule has 0 saturated heterocycles. The fourth-order valence-corrected chi connectivity index (χ4v) is 3.82. The highest BCUT2D eigenvalue weighted by Crippen LogP contribution is 2.35. The smallest absolute Gasteiger partial charge is 0.158 e. The monoisotopic (exact) mass is 308 g/mol. The number of hydrogen-bond acceptors (Lipinski definition) is 2. The van der Waals surface area contributed by atoms with Crippen molar-refractivity contribution in [3.63, 3.8) is 0 Å². The third kappa shape index (κ3) is 2.59. The Labute approximate surface area is 131 Å². The Balaban J connectivity index is 2.07. The number of alkyl halides is 1. The number of halogens is 1. The highest BCUT2D eigenvalue weighted by Gasteiger charge is 2.26. The molecule has 0 atom stereocenters. The van der Waals surface area contributed by atoms with Gasteiger partial charge in [0.2, 0.25) is 0 Å². The SMILES string of the molecule is CCCc1nn(C)c2c1nc(CCl)n2C1CCC(C)CC1. The molecule has 3 rings (SSSR count). The summed E-state index contributed by atoms with van der Waals surface area (Å²) in [5.41, 5.74) is 3.34. The van der Waals surface area contributed by atoms with E-state index in [1.807, 2.05) is 11.7 Å². The van der Waals surface area contributed by atoms with Crippen molar-refractivity contribution in [3.05, 3.63) is 11.5 Å². The van der Waals surface area contributed by atoms with Gasteiger partial charge < -0.3 is 4.57 Å². The molecule has 1 saturated carbocycles. The van der Waals surface area contributed by atoms with Crippen LogP contribution in [0.15, 0.2) is 0 Å². The molecule has 116 valence electrons. The largest absolute Gasteiger partial charge is 0.309 e. The Hall–Kier alpha value is -1.03. The summed E-state index contributed by atoms with van der Waals surface area (Å²) >= 11 is 6.18. The van der Waals surface area contributed by atoms with Crippen molar-refractivity contribution in [2.45, 2.75) is 64.3 Å². The summed E-state index contributed by atoms with van der Waals surface area (Å²) in [7, 11) is 2.03. The maximum absolute atomic E-state index is 6.18. The van der Waals surface area contributed by atoms with Crippen molar-refractivity contribution in [2.24, 2.45) is 13.0 Å². The summed E-state index contributed by atoms with van der Waals surface area (Å²) in [4.78, 5) is 4.81. The van der Waals surface area contributed by atoms with Crippen LogP contribution < -0.4 is 0 Å². The number of aromatic nitrogens is 4. The highest BCUT2D eigenvalue weighted by molar-refractivity contribution is 6.16. The van der Waals surface area contributed by atoms with Gasteiger partial charge in [-0.25, -0.2) is 4.98 Å². The quantitative estimate of drug-likeness (QED) is 0.793. The molecule has 4 nitrogen and oxygen atoms in total. The summed E-state index contributed by atoms with van der Waals surface area (Å²) in [5, 5.41) is 4.68. The molecule has 2 aromatic rings. The van der Waals surface area contributed by atoms with Crippen molar-refractivity contribution in [1.82, 2.24) is 19.3 Å². The second-order valence-electron chi connectivity index (χ2n) is 6.44. The molecule has 1 aliphatic carbocycles. The lowest BCUT2D eigenvalue weighted by Crippen LogP contribution is -2.19. The van der Waals surface area contributed by atoms with Gasteiger partial charge in [0.05, 0.1) is 11.6 Å². The van der Waals surface area contributed by atoms with Crippen LogP contribution in [0.5, 0.6) is 0 Å². The second-order valence-corrected chi connectivity index (χ2v) is 6.71. The van der Waals surface area contributed by atoms with Crippen LogP contribution in [0.1, 0.15) is 63.5 Å². The van der Waals surface area contributed by atoms with E-state index in [0.29, 0.717) is 11.9 Å². The van der Waals surface area contributed by atoms with Crippen molar-refractivity contribution in [2.75, 3.05) is 0 Å². The zero-order valence-corrected chi connectivity index (χ0v) is 14.0. The van der Waals surface area contributed by atoms with Crippen molar-refractivity contribution < 1.29 is 0 Å². The van der Waals surface area contributed by atoms with E-state index in [9.17, 15) is 0 Å². The Kier molecular flexibility index (Phi) is 4.25. The van der Waals surface area contributed by atoms with E-state index >= 15 is 0 Å². The summed E-state index contributed by atoms with van der Waals surface area (Å²) in [5.74, 6) is 2.34. The van der Waals surface area contributed by atoms with Crippen molar-refractivity contribution in [3.8, 4) is 0 Å². The van der Waals surface area contributed by atoms with Crippen LogP contribution >= 0.6 is 11.6 Å². The summed E-state index contributed by atoms with van der Waals surface area (Å²) in [6.07, 6.45) is 7.13.